The first kappa shape index (κ1) is 14.7. The zero-order chi connectivity index (χ0) is 14.0. The van der Waals surface area contributed by atoms with E-state index >= 15 is 0 Å². The van der Waals surface area contributed by atoms with Gasteiger partial charge in [0, 0.05) is 20.2 Å². The second-order valence-electron chi connectivity index (χ2n) is 4.15. The Labute approximate surface area is 134 Å². The molecule has 0 fully saturated rings. The minimum Gasteiger partial charge on any atom is -0.343 e. The average molecular weight is 407 g/mol. The fourth-order valence-electron chi connectivity index (χ4n) is 1.55. The van der Waals surface area contributed by atoms with Crippen LogP contribution in [0.4, 0.5) is 0 Å². The molecule has 0 saturated carbocycles. The van der Waals surface area contributed by atoms with Crippen molar-refractivity contribution in [1.82, 2.24) is 10.3 Å². The van der Waals surface area contributed by atoms with Crippen LogP contribution < -0.4 is 5.32 Å². The summed E-state index contributed by atoms with van der Waals surface area (Å²) in [6, 6.07) is 5.17. The monoisotopic (exact) mass is 406 g/mol. The van der Waals surface area contributed by atoms with E-state index in [1.807, 2.05) is 25.3 Å². The second kappa shape index (κ2) is 6.19. The molecule has 0 radical (unpaired) electrons. The Balaban J connectivity index is 2.10. The molecule has 1 heterocycles. The van der Waals surface area contributed by atoms with E-state index in [2.05, 4.69) is 32.9 Å². The molecule has 0 spiro atoms. The third kappa shape index (κ3) is 3.67. The molecule has 1 aromatic carbocycles. The predicted octanol–water partition coefficient (Wildman–Crippen LogP) is 4.20. The molecule has 3 nitrogen and oxygen atoms in total. The van der Waals surface area contributed by atoms with E-state index in [1.165, 1.54) is 0 Å². The Hall–Kier alpha value is -0.660. The summed E-state index contributed by atoms with van der Waals surface area (Å²) in [4.78, 5) is 16.5. The maximum Gasteiger partial charge on any atom is 0.251 e. The molecule has 0 aliphatic heterocycles. The van der Waals surface area contributed by atoms with Gasteiger partial charge in [0.1, 0.15) is 5.01 Å². The lowest BCUT2D eigenvalue weighted by atomic mass is 10.2. The first-order valence-corrected chi connectivity index (χ1v) is 7.99. The molecule has 0 saturated heterocycles. The molecule has 0 bridgehead atoms. The summed E-state index contributed by atoms with van der Waals surface area (Å²) >= 11 is 9.69. The number of amides is 1. The summed E-state index contributed by atoms with van der Waals surface area (Å²) in [5.74, 6) is -0.140. The Morgan fingerprint density at radius 2 is 2.26 bits per heavy atom. The van der Waals surface area contributed by atoms with Gasteiger partial charge in [-0.25, -0.2) is 4.98 Å². The number of benzene rings is 1. The molecular weight excluding hydrogens is 395 g/mol. The number of aromatic nitrogens is 1. The molecule has 1 unspecified atom stereocenters. The van der Waals surface area contributed by atoms with Gasteiger partial charge in [0.25, 0.3) is 5.91 Å². The Kier molecular flexibility index (Phi) is 4.81. The van der Waals surface area contributed by atoms with Gasteiger partial charge >= 0.3 is 0 Å². The van der Waals surface area contributed by atoms with Gasteiger partial charge < -0.3 is 5.32 Å². The van der Waals surface area contributed by atoms with Gasteiger partial charge in [0.2, 0.25) is 0 Å². The molecule has 0 aliphatic carbocycles. The molecule has 2 rings (SSSR count). The smallest absolute Gasteiger partial charge is 0.251 e. The second-order valence-corrected chi connectivity index (χ2v) is 6.61. The van der Waals surface area contributed by atoms with Gasteiger partial charge in [0.05, 0.1) is 11.1 Å². The quantitative estimate of drug-likeness (QED) is 0.776. The highest BCUT2D eigenvalue weighted by Crippen LogP contribution is 2.21. The molecule has 0 aliphatic rings. The van der Waals surface area contributed by atoms with Crippen molar-refractivity contribution in [2.24, 2.45) is 0 Å². The van der Waals surface area contributed by atoms with E-state index in [9.17, 15) is 4.79 Å². The van der Waals surface area contributed by atoms with Gasteiger partial charge in [-0.2, -0.15) is 0 Å². The Morgan fingerprint density at radius 1 is 1.53 bits per heavy atom. The van der Waals surface area contributed by atoms with E-state index in [4.69, 9.17) is 11.6 Å². The van der Waals surface area contributed by atoms with Crippen molar-refractivity contribution in [3.8, 4) is 0 Å². The van der Waals surface area contributed by atoms with Gasteiger partial charge in [-0.05, 0) is 54.6 Å². The van der Waals surface area contributed by atoms with Crippen molar-refractivity contribution < 1.29 is 4.79 Å². The zero-order valence-electron chi connectivity index (χ0n) is 10.4. The highest BCUT2D eigenvalue weighted by atomic mass is 127. The molecule has 2 aromatic rings. The number of thiazole rings is 1. The average Bonchev–Trinajstić information content (AvgIpc) is 2.79. The van der Waals surface area contributed by atoms with Crippen LogP contribution in [-0.2, 0) is 0 Å². The molecule has 100 valence electrons. The third-order valence-corrected chi connectivity index (χ3v) is 5.25. The van der Waals surface area contributed by atoms with Crippen LogP contribution in [0.15, 0.2) is 23.6 Å². The topological polar surface area (TPSA) is 42.0 Å². The predicted molar refractivity (Wildman–Crippen MR) is 86.9 cm³/mol. The summed E-state index contributed by atoms with van der Waals surface area (Å²) < 4.78 is 0.930. The van der Waals surface area contributed by atoms with Crippen molar-refractivity contribution in [2.45, 2.75) is 19.9 Å². The number of hydrogen-bond donors (Lipinski definition) is 1. The van der Waals surface area contributed by atoms with Gasteiger partial charge in [-0.1, -0.05) is 11.6 Å². The number of rotatable bonds is 3. The first-order valence-electron chi connectivity index (χ1n) is 5.65. The molecule has 1 aromatic heterocycles. The van der Waals surface area contributed by atoms with E-state index in [0.29, 0.717) is 10.6 Å². The molecule has 1 atom stereocenters. The number of aryl methyl sites for hydroxylation is 1. The summed E-state index contributed by atoms with van der Waals surface area (Å²) in [5, 5.41) is 6.39. The molecule has 1 N–H and O–H groups in total. The van der Waals surface area contributed by atoms with Crippen molar-refractivity contribution in [1.29, 1.82) is 0 Å². The van der Waals surface area contributed by atoms with E-state index in [0.717, 1.165) is 14.3 Å². The van der Waals surface area contributed by atoms with Gasteiger partial charge in [0.15, 0.2) is 0 Å². The van der Waals surface area contributed by atoms with E-state index in [1.54, 1.807) is 23.5 Å². The summed E-state index contributed by atoms with van der Waals surface area (Å²) in [5.41, 5.74) is 1.53. The molecule has 19 heavy (non-hydrogen) atoms. The van der Waals surface area contributed by atoms with Gasteiger partial charge in [-0.15, -0.1) is 11.3 Å². The minimum atomic E-state index is -0.140. The summed E-state index contributed by atoms with van der Waals surface area (Å²) in [7, 11) is 0. The fourth-order valence-corrected chi connectivity index (χ4v) is 2.87. The number of nitrogens with one attached hydrogen (secondary N) is 1. The number of halogens is 2. The highest BCUT2D eigenvalue weighted by molar-refractivity contribution is 14.1. The van der Waals surface area contributed by atoms with Crippen LogP contribution >= 0.6 is 45.5 Å². The van der Waals surface area contributed by atoms with Crippen molar-refractivity contribution in [3.05, 3.63) is 48.4 Å². The van der Waals surface area contributed by atoms with Crippen LogP contribution in [0.5, 0.6) is 0 Å². The van der Waals surface area contributed by atoms with Gasteiger partial charge in [-0.3, -0.25) is 4.79 Å². The Bertz CT molecular complexity index is 614. The Morgan fingerprint density at radius 3 is 2.84 bits per heavy atom. The molecular formula is C13H12ClIN2OS. The van der Waals surface area contributed by atoms with Crippen molar-refractivity contribution in [2.75, 3.05) is 0 Å². The van der Waals surface area contributed by atoms with Crippen LogP contribution in [0.2, 0.25) is 5.02 Å². The molecule has 6 heteroatoms. The minimum absolute atomic E-state index is 0.107. The standard InChI is InChI=1S/C13H12ClIN2OS/c1-7-6-19-13(16-7)8(2)17-12(18)9-3-4-11(15)10(14)5-9/h3-6,8H,1-2H3,(H,17,18). The maximum absolute atomic E-state index is 12.1. The zero-order valence-corrected chi connectivity index (χ0v) is 14.1. The fraction of sp³-hybridized carbons (Fsp3) is 0.231. The lowest BCUT2D eigenvalue weighted by Gasteiger charge is -2.11. The summed E-state index contributed by atoms with van der Waals surface area (Å²) in [6.07, 6.45) is 0. The van der Waals surface area contributed by atoms with Crippen LogP contribution in [-0.4, -0.2) is 10.9 Å². The largest absolute Gasteiger partial charge is 0.343 e. The number of carbonyl (C=O) groups is 1. The van der Waals surface area contributed by atoms with Crippen LogP contribution in [0.3, 0.4) is 0 Å². The first-order chi connectivity index (χ1) is 8.97. The number of nitrogens with zero attached hydrogens (tertiary/aromatic N) is 1. The highest BCUT2D eigenvalue weighted by Gasteiger charge is 2.14. The van der Waals surface area contributed by atoms with Crippen LogP contribution in [0.25, 0.3) is 0 Å². The summed E-state index contributed by atoms with van der Waals surface area (Å²) in [6.45, 7) is 3.86. The SMILES string of the molecule is Cc1csc(C(C)NC(=O)c2ccc(I)c(Cl)c2)n1. The van der Waals surface area contributed by atoms with E-state index < -0.39 is 0 Å². The number of carbonyl (C=O) groups excluding carboxylic acids is 1. The van der Waals surface area contributed by atoms with Crippen LogP contribution in [0.1, 0.15) is 34.0 Å². The lowest BCUT2D eigenvalue weighted by molar-refractivity contribution is 0.0940. The third-order valence-electron chi connectivity index (χ3n) is 2.54. The maximum atomic E-state index is 12.1. The van der Waals surface area contributed by atoms with E-state index in [-0.39, 0.29) is 11.9 Å². The van der Waals surface area contributed by atoms with Crippen molar-refractivity contribution >= 4 is 51.4 Å². The number of hydrogen-bond acceptors (Lipinski definition) is 3. The van der Waals surface area contributed by atoms with Crippen molar-refractivity contribution in [3.63, 3.8) is 0 Å². The lowest BCUT2D eigenvalue weighted by Crippen LogP contribution is -2.26. The normalized spacial score (nSPS) is 12.2. The van der Waals surface area contributed by atoms with Crippen LogP contribution in [0, 0.1) is 10.5 Å². The molecule has 1 amide bonds.